The van der Waals surface area contributed by atoms with E-state index >= 15 is 0 Å². The number of hydrogen-bond acceptors (Lipinski definition) is 4. The Hall–Kier alpha value is -2.32. The van der Waals surface area contributed by atoms with E-state index in [4.69, 9.17) is 0 Å². The summed E-state index contributed by atoms with van der Waals surface area (Å²) in [5.74, 6) is -2.10. The predicted octanol–water partition coefficient (Wildman–Crippen LogP) is -0.346. The topological polar surface area (TPSA) is 110 Å². The van der Waals surface area contributed by atoms with Crippen molar-refractivity contribution in [2.24, 2.45) is 0 Å². The van der Waals surface area contributed by atoms with Gasteiger partial charge >= 0.3 is 5.97 Å². The van der Waals surface area contributed by atoms with Crippen molar-refractivity contribution in [3.63, 3.8) is 0 Å². The number of carbonyl (C=O) groups excluding carboxylic acids is 2. The standard InChI is InChI=1S/C16H16N2O5S/c1-9-8-24(23)15-12(14(20)18(15)13(9)16(21)22)17-11(19)7-10-5-3-2-4-6-10/h2-6,12-13,15H,1,7-8H2,(H,17,19)(H,21,22)/t12-,13-,15-,24+/m1/s1. The Balaban J connectivity index is 1.70. The van der Waals surface area contributed by atoms with Gasteiger partial charge in [-0.05, 0) is 16.7 Å². The Bertz CT molecular complexity index is 708. The molecule has 1 aromatic rings. The number of aliphatic carboxylic acids is 1. The molecule has 4 atom stereocenters. The van der Waals surface area contributed by atoms with Crippen molar-refractivity contribution >= 4 is 29.0 Å². The predicted molar refractivity (Wildman–Crippen MR) is 86.3 cm³/mol. The average Bonchev–Trinajstić information content (AvgIpc) is 2.53. The van der Waals surface area contributed by atoms with Gasteiger partial charge in [-0.3, -0.25) is 14.5 Å². The van der Waals surface area contributed by atoms with Gasteiger partial charge < -0.3 is 15.0 Å². The van der Waals surface area contributed by atoms with Gasteiger partial charge in [0.25, 0.3) is 5.91 Å². The van der Waals surface area contributed by atoms with Crippen LogP contribution in [-0.4, -0.2) is 55.6 Å². The number of hydrogen-bond donors (Lipinski definition) is 2. The van der Waals surface area contributed by atoms with Crippen LogP contribution in [0.2, 0.25) is 0 Å². The fraction of sp³-hybridized carbons (Fsp3) is 0.312. The van der Waals surface area contributed by atoms with E-state index in [-0.39, 0.29) is 23.7 Å². The van der Waals surface area contributed by atoms with Crippen LogP contribution in [0.25, 0.3) is 0 Å². The number of amides is 2. The third-order valence-corrected chi connectivity index (χ3v) is 5.79. The van der Waals surface area contributed by atoms with Crippen LogP contribution in [0, 0.1) is 0 Å². The van der Waals surface area contributed by atoms with Gasteiger partial charge in [-0.2, -0.15) is 0 Å². The van der Waals surface area contributed by atoms with Crippen molar-refractivity contribution in [2.75, 3.05) is 5.75 Å². The molecular weight excluding hydrogens is 332 g/mol. The van der Waals surface area contributed by atoms with E-state index in [9.17, 15) is 24.0 Å². The minimum atomic E-state index is -1.48. The number of nitrogens with zero attached hydrogens (tertiary/aromatic N) is 1. The molecule has 2 saturated heterocycles. The normalized spacial score (nSPS) is 28.8. The number of carboxylic acid groups (broad SMARTS) is 1. The third kappa shape index (κ3) is 2.78. The maximum atomic E-state index is 12.3. The molecule has 2 aliphatic rings. The molecule has 0 spiro atoms. The number of rotatable bonds is 4. The van der Waals surface area contributed by atoms with E-state index in [2.05, 4.69) is 11.9 Å². The van der Waals surface area contributed by atoms with Crippen molar-refractivity contribution in [1.82, 2.24) is 10.2 Å². The minimum absolute atomic E-state index is 0.0104. The molecule has 0 unspecified atom stereocenters. The maximum absolute atomic E-state index is 12.3. The minimum Gasteiger partial charge on any atom is -0.614 e. The van der Waals surface area contributed by atoms with Crippen LogP contribution in [0.15, 0.2) is 42.5 Å². The van der Waals surface area contributed by atoms with Gasteiger partial charge in [0.2, 0.25) is 11.3 Å². The highest BCUT2D eigenvalue weighted by Crippen LogP contribution is 2.36. The van der Waals surface area contributed by atoms with Crippen LogP contribution in [0.1, 0.15) is 5.56 Å². The largest absolute Gasteiger partial charge is 0.614 e. The Labute approximate surface area is 141 Å². The molecule has 2 heterocycles. The van der Waals surface area contributed by atoms with E-state index in [0.29, 0.717) is 0 Å². The summed E-state index contributed by atoms with van der Waals surface area (Å²) in [6.07, 6.45) is 0.0963. The van der Waals surface area contributed by atoms with Crippen molar-refractivity contribution in [3.8, 4) is 0 Å². The molecule has 24 heavy (non-hydrogen) atoms. The highest BCUT2D eigenvalue weighted by atomic mass is 32.2. The second-order valence-electron chi connectivity index (χ2n) is 5.77. The molecule has 126 valence electrons. The molecule has 3 rings (SSSR count). The maximum Gasteiger partial charge on any atom is 0.331 e. The first-order chi connectivity index (χ1) is 11.4. The molecule has 1 aromatic carbocycles. The zero-order chi connectivity index (χ0) is 17.4. The van der Waals surface area contributed by atoms with E-state index in [0.717, 1.165) is 10.5 Å². The van der Waals surface area contributed by atoms with E-state index < -0.39 is 40.5 Å². The summed E-state index contributed by atoms with van der Waals surface area (Å²) in [6.45, 7) is 3.61. The lowest BCUT2D eigenvalue weighted by atomic mass is 9.98. The monoisotopic (exact) mass is 348 g/mol. The number of fused-ring (bicyclic) bond motifs is 1. The second kappa shape index (κ2) is 6.29. The summed E-state index contributed by atoms with van der Waals surface area (Å²) >= 11 is -1.48. The number of nitrogens with one attached hydrogen (secondary N) is 1. The first-order valence-corrected chi connectivity index (χ1v) is 8.71. The molecule has 2 N–H and O–H groups in total. The van der Waals surface area contributed by atoms with Crippen LogP contribution in [-0.2, 0) is 32.0 Å². The van der Waals surface area contributed by atoms with Crippen molar-refractivity contribution < 1.29 is 24.0 Å². The number of carbonyl (C=O) groups is 3. The Morgan fingerprint density at radius 2 is 2.04 bits per heavy atom. The number of β-lactam (4-membered cyclic amide) rings is 1. The van der Waals surface area contributed by atoms with Crippen LogP contribution in [0.4, 0.5) is 0 Å². The zero-order valence-electron chi connectivity index (χ0n) is 12.7. The van der Waals surface area contributed by atoms with Crippen LogP contribution >= 0.6 is 0 Å². The van der Waals surface area contributed by atoms with Gasteiger partial charge in [0, 0.05) is 5.57 Å². The summed E-state index contributed by atoms with van der Waals surface area (Å²) in [6, 6.07) is 6.89. The summed E-state index contributed by atoms with van der Waals surface area (Å²) in [7, 11) is 0. The Morgan fingerprint density at radius 3 is 2.67 bits per heavy atom. The van der Waals surface area contributed by atoms with Crippen LogP contribution in [0.3, 0.4) is 0 Å². The first-order valence-electron chi connectivity index (χ1n) is 7.33. The molecule has 2 amide bonds. The van der Waals surface area contributed by atoms with E-state index in [1.54, 1.807) is 24.3 Å². The van der Waals surface area contributed by atoms with Gasteiger partial charge in [-0.15, -0.1) is 0 Å². The highest BCUT2D eigenvalue weighted by Gasteiger charge is 2.62. The summed E-state index contributed by atoms with van der Waals surface area (Å²) < 4.78 is 12.2. The van der Waals surface area contributed by atoms with Crippen molar-refractivity contribution in [2.45, 2.75) is 23.9 Å². The molecule has 8 heteroatoms. The molecule has 0 radical (unpaired) electrons. The second-order valence-corrected chi connectivity index (χ2v) is 7.30. The third-order valence-electron chi connectivity index (χ3n) is 4.10. The zero-order valence-corrected chi connectivity index (χ0v) is 13.5. The van der Waals surface area contributed by atoms with Gasteiger partial charge in [-0.1, -0.05) is 36.9 Å². The summed E-state index contributed by atoms with van der Waals surface area (Å²) in [5, 5.41) is 11.0. The van der Waals surface area contributed by atoms with Gasteiger partial charge in [0.05, 0.1) is 6.42 Å². The Kier molecular flexibility index (Phi) is 4.33. The molecule has 0 aromatic heterocycles. The number of benzene rings is 1. The molecular formula is C16H16N2O5S. The smallest absolute Gasteiger partial charge is 0.331 e. The molecule has 0 aliphatic carbocycles. The lowest BCUT2D eigenvalue weighted by Crippen LogP contribution is -2.78. The van der Waals surface area contributed by atoms with Crippen LogP contribution < -0.4 is 5.32 Å². The summed E-state index contributed by atoms with van der Waals surface area (Å²) in [5.41, 5.74) is 1.03. The van der Waals surface area contributed by atoms with Crippen molar-refractivity contribution in [1.29, 1.82) is 0 Å². The van der Waals surface area contributed by atoms with Crippen LogP contribution in [0.5, 0.6) is 0 Å². The van der Waals surface area contributed by atoms with Gasteiger partial charge in [0.1, 0.15) is 5.75 Å². The molecule has 2 aliphatic heterocycles. The number of carboxylic acids is 1. The fourth-order valence-corrected chi connectivity index (χ4v) is 4.68. The quantitative estimate of drug-likeness (QED) is 0.439. The average molecular weight is 348 g/mol. The van der Waals surface area contributed by atoms with E-state index in [1.165, 1.54) is 0 Å². The fourth-order valence-electron chi connectivity index (χ4n) is 3.02. The van der Waals surface area contributed by atoms with Gasteiger partial charge in [-0.25, -0.2) is 4.79 Å². The SMILES string of the molecule is C=C1C[S@+]([O-])[C@@H]2[C@H](NC(=O)Cc3ccccc3)C(=O)N2[C@H]1C(=O)O. The molecule has 0 saturated carbocycles. The lowest BCUT2D eigenvalue weighted by molar-refractivity contribution is -0.160. The van der Waals surface area contributed by atoms with Crippen molar-refractivity contribution in [3.05, 3.63) is 48.0 Å². The lowest BCUT2D eigenvalue weighted by Gasteiger charge is -2.51. The molecule has 0 bridgehead atoms. The van der Waals surface area contributed by atoms with Gasteiger partial charge in [0.15, 0.2) is 12.1 Å². The molecule has 7 nitrogen and oxygen atoms in total. The van der Waals surface area contributed by atoms with E-state index in [1.807, 2.05) is 6.07 Å². The first kappa shape index (κ1) is 16.5. The molecule has 2 fully saturated rings. The highest BCUT2D eigenvalue weighted by molar-refractivity contribution is 7.92. The summed E-state index contributed by atoms with van der Waals surface area (Å²) in [4.78, 5) is 36.8. The Morgan fingerprint density at radius 1 is 1.38 bits per heavy atom.